The number of hydrogen-bond donors (Lipinski definition) is 2. The molecule has 4 saturated carbocycles. The fraction of sp³-hybridized carbons (Fsp3) is 0.571. The SMILES string of the molecule is CC(=O)Nc1ccc(NC(=O)COC(=O)C23CC4CC(CC(C4)C2)C3)cc1. The van der Waals surface area contributed by atoms with E-state index in [1.165, 1.54) is 26.2 Å². The zero-order valence-corrected chi connectivity index (χ0v) is 15.6. The van der Waals surface area contributed by atoms with Crippen molar-refractivity contribution in [3.63, 3.8) is 0 Å². The fourth-order valence-electron chi connectivity index (χ4n) is 5.68. The van der Waals surface area contributed by atoms with Crippen molar-refractivity contribution in [1.29, 1.82) is 0 Å². The molecule has 0 unspecified atom stereocenters. The third kappa shape index (κ3) is 3.84. The van der Waals surface area contributed by atoms with Crippen LogP contribution >= 0.6 is 0 Å². The molecular weight excluding hydrogens is 344 g/mol. The van der Waals surface area contributed by atoms with Gasteiger partial charge in [0.15, 0.2) is 6.61 Å². The lowest BCUT2D eigenvalue weighted by Crippen LogP contribution is -2.50. The van der Waals surface area contributed by atoms with Gasteiger partial charge < -0.3 is 15.4 Å². The number of nitrogens with one attached hydrogen (secondary N) is 2. The van der Waals surface area contributed by atoms with Crippen molar-refractivity contribution in [1.82, 2.24) is 0 Å². The Morgan fingerprint density at radius 1 is 0.926 bits per heavy atom. The second-order valence-corrected chi connectivity index (χ2v) is 8.58. The molecule has 0 aliphatic heterocycles. The smallest absolute Gasteiger partial charge is 0.312 e. The number of carbonyl (C=O) groups is 3. The van der Waals surface area contributed by atoms with E-state index in [1.54, 1.807) is 24.3 Å². The normalized spacial score (nSPS) is 30.6. The van der Waals surface area contributed by atoms with Crippen molar-refractivity contribution in [2.45, 2.75) is 45.4 Å². The van der Waals surface area contributed by atoms with Gasteiger partial charge in [-0.15, -0.1) is 0 Å². The van der Waals surface area contributed by atoms with Gasteiger partial charge in [-0.05, 0) is 80.5 Å². The molecule has 6 nitrogen and oxygen atoms in total. The highest BCUT2D eigenvalue weighted by molar-refractivity contribution is 5.94. The van der Waals surface area contributed by atoms with E-state index in [4.69, 9.17) is 4.74 Å². The molecule has 0 spiro atoms. The maximum atomic E-state index is 12.8. The molecule has 4 aliphatic rings. The molecule has 144 valence electrons. The number of benzene rings is 1. The Labute approximate surface area is 159 Å². The van der Waals surface area contributed by atoms with Crippen LogP contribution in [-0.4, -0.2) is 24.4 Å². The zero-order chi connectivity index (χ0) is 19.0. The van der Waals surface area contributed by atoms with Gasteiger partial charge in [-0.1, -0.05) is 0 Å². The number of rotatable bonds is 5. The molecule has 1 aromatic rings. The molecule has 0 saturated heterocycles. The Hall–Kier alpha value is -2.37. The number of carbonyl (C=O) groups excluding carboxylic acids is 3. The van der Waals surface area contributed by atoms with Crippen molar-refractivity contribution in [2.24, 2.45) is 23.2 Å². The van der Waals surface area contributed by atoms with E-state index in [-0.39, 0.29) is 29.8 Å². The standard InChI is InChI=1S/C21H26N2O4/c1-13(24)22-17-2-4-18(5-3-17)23-19(25)12-27-20(26)21-9-14-6-15(10-21)8-16(7-14)11-21/h2-5,14-16H,6-12H2,1H3,(H,22,24)(H,23,25). The Kier molecular flexibility index (Phi) is 4.66. The van der Waals surface area contributed by atoms with Gasteiger partial charge in [0.25, 0.3) is 5.91 Å². The summed E-state index contributed by atoms with van der Waals surface area (Å²) in [6.45, 7) is 1.18. The van der Waals surface area contributed by atoms with Crippen LogP contribution < -0.4 is 10.6 Å². The first-order valence-electron chi connectivity index (χ1n) is 9.76. The monoisotopic (exact) mass is 370 g/mol. The first-order valence-corrected chi connectivity index (χ1v) is 9.76. The quantitative estimate of drug-likeness (QED) is 0.779. The van der Waals surface area contributed by atoms with E-state index >= 15 is 0 Å². The fourth-order valence-corrected chi connectivity index (χ4v) is 5.68. The zero-order valence-electron chi connectivity index (χ0n) is 15.6. The Morgan fingerprint density at radius 3 is 1.89 bits per heavy atom. The van der Waals surface area contributed by atoms with Gasteiger partial charge >= 0.3 is 5.97 Å². The summed E-state index contributed by atoms with van der Waals surface area (Å²) in [6, 6.07) is 6.81. The van der Waals surface area contributed by atoms with Gasteiger partial charge in [0, 0.05) is 18.3 Å². The summed E-state index contributed by atoms with van der Waals surface area (Å²) >= 11 is 0. The Morgan fingerprint density at radius 2 is 1.41 bits per heavy atom. The molecule has 6 heteroatoms. The van der Waals surface area contributed by atoms with Gasteiger partial charge in [0.05, 0.1) is 5.41 Å². The number of hydrogen-bond acceptors (Lipinski definition) is 4. The predicted octanol–water partition coefficient (Wildman–Crippen LogP) is 3.34. The highest BCUT2D eigenvalue weighted by atomic mass is 16.5. The maximum absolute atomic E-state index is 12.8. The van der Waals surface area contributed by atoms with Crippen molar-refractivity contribution in [3.8, 4) is 0 Å². The van der Waals surface area contributed by atoms with Gasteiger partial charge in [-0.25, -0.2) is 0 Å². The summed E-state index contributed by atoms with van der Waals surface area (Å²) < 4.78 is 5.43. The number of anilines is 2. The third-order valence-electron chi connectivity index (χ3n) is 6.29. The molecule has 0 atom stereocenters. The lowest BCUT2D eigenvalue weighted by molar-refractivity contribution is -0.172. The largest absolute Gasteiger partial charge is 0.455 e. The lowest BCUT2D eigenvalue weighted by Gasteiger charge is -2.55. The second kappa shape index (κ2) is 6.98. The van der Waals surface area contributed by atoms with Crippen LogP contribution in [0.5, 0.6) is 0 Å². The number of amides is 2. The predicted molar refractivity (Wildman–Crippen MR) is 101 cm³/mol. The first kappa shape index (κ1) is 18.0. The first-order chi connectivity index (χ1) is 12.9. The summed E-state index contributed by atoms with van der Waals surface area (Å²) in [4.78, 5) is 35.9. The molecule has 27 heavy (non-hydrogen) atoms. The molecule has 5 rings (SSSR count). The minimum atomic E-state index is -0.347. The highest BCUT2D eigenvalue weighted by Crippen LogP contribution is 2.60. The summed E-state index contributed by atoms with van der Waals surface area (Å²) in [5.41, 5.74) is 0.920. The van der Waals surface area contributed by atoms with Crippen molar-refractivity contribution >= 4 is 29.2 Å². The van der Waals surface area contributed by atoms with E-state index in [2.05, 4.69) is 10.6 Å². The van der Waals surface area contributed by atoms with Crippen LogP contribution in [-0.2, 0) is 19.1 Å². The third-order valence-corrected chi connectivity index (χ3v) is 6.29. The topological polar surface area (TPSA) is 84.5 Å². The Bertz CT molecular complexity index is 721. The summed E-state index contributed by atoms with van der Waals surface area (Å²) in [7, 11) is 0. The van der Waals surface area contributed by atoms with Crippen LogP contribution in [0.3, 0.4) is 0 Å². The van der Waals surface area contributed by atoms with E-state index < -0.39 is 0 Å². The van der Waals surface area contributed by atoms with Gasteiger partial charge in [-0.2, -0.15) is 0 Å². The summed E-state index contributed by atoms with van der Waals surface area (Å²) in [5.74, 6) is 1.32. The van der Waals surface area contributed by atoms with Crippen molar-refractivity contribution in [3.05, 3.63) is 24.3 Å². The van der Waals surface area contributed by atoms with Gasteiger partial charge in [0.2, 0.25) is 5.91 Å². The molecule has 4 fully saturated rings. The molecule has 2 amide bonds. The molecule has 1 aromatic carbocycles. The molecule has 0 radical (unpaired) electrons. The van der Waals surface area contributed by atoms with E-state index in [9.17, 15) is 14.4 Å². The van der Waals surface area contributed by atoms with Crippen LogP contribution in [0.4, 0.5) is 11.4 Å². The molecule has 2 N–H and O–H groups in total. The molecule has 0 aromatic heterocycles. The number of ether oxygens (including phenoxy) is 1. The van der Waals surface area contributed by atoms with Crippen LogP contribution in [0.15, 0.2) is 24.3 Å². The molecule has 4 aliphatic carbocycles. The highest BCUT2D eigenvalue weighted by Gasteiger charge is 2.55. The van der Waals surface area contributed by atoms with E-state index in [0.717, 1.165) is 19.3 Å². The van der Waals surface area contributed by atoms with E-state index in [1.807, 2.05) is 0 Å². The van der Waals surface area contributed by atoms with Gasteiger partial charge in [0.1, 0.15) is 0 Å². The average Bonchev–Trinajstić information content (AvgIpc) is 2.60. The van der Waals surface area contributed by atoms with Crippen LogP contribution in [0.2, 0.25) is 0 Å². The molecule has 0 heterocycles. The molecule has 4 bridgehead atoms. The maximum Gasteiger partial charge on any atom is 0.312 e. The van der Waals surface area contributed by atoms with Crippen LogP contribution in [0, 0.1) is 23.2 Å². The van der Waals surface area contributed by atoms with Crippen molar-refractivity contribution in [2.75, 3.05) is 17.2 Å². The minimum absolute atomic E-state index is 0.150. The van der Waals surface area contributed by atoms with Crippen LogP contribution in [0.1, 0.15) is 45.4 Å². The van der Waals surface area contributed by atoms with Crippen LogP contribution in [0.25, 0.3) is 0 Å². The van der Waals surface area contributed by atoms with E-state index in [0.29, 0.717) is 29.1 Å². The summed E-state index contributed by atoms with van der Waals surface area (Å²) in [6.07, 6.45) is 6.60. The lowest BCUT2D eigenvalue weighted by atomic mass is 9.49. The summed E-state index contributed by atoms with van der Waals surface area (Å²) in [5, 5.41) is 5.39. The number of esters is 1. The van der Waals surface area contributed by atoms with Gasteiger partial charge in [-0.3, -0.25) is 14.4 Å². The second-order valence-electron chi connectivity index (χ2n) is 8.58. The van der Waals surface area contributed by atoms with Crippen molar-refractivity contribution < 1.29 is 19.1 Å². The Balaban J connectivity index is 1.29. The molecular formula is C21H26N2O4. The minimum Gasteiger partial charge on any atom is -0.455 e. The average molecular weight is 370 g/mol.